The summed E-state index contributed by atoms with van der Waals surface area (Å²) in [7, 11) is 0. The smallest absolute Gasteiger partial charge is 0.410 e. The van der Waals surface area contributed by atoms with Crippen LogP contribution in [0.3, 0.4) is 0 Å². The average molecular weight is 336 g/mol. The minimum atomic E-state index is -0.193. The highest BCUT2D eigenvalue weighted by atomic mass is 16.6. The third kappa shape index (κ3) is 2.93. The van der Waals surface area contributed by atoms with Crippen molar-refractivity contribution >= 4 is 6.09 Å². The topological polar surface area (TPSA) is 53.3 Å². The van der Waals surface area contributed by atoms with Crippen molar-refractivity contribution < 1.29 is 9.53 Å². The third-order valence-corrected chi connectivity index (χ3v) is 6.51. The summed E-state index contributed by atoms with van der Waals surface area (Å²) in [6.07, 6.45) is 8.46. The largest absolute Gasteiger partial charge is 0.445 e. The zero-order valence-corrected chi connectivity index (χ0v) is 14.5. The molecule has 1 heterocycles. The first-order chi connectivity index (χ1) is 12.1. The number of carbonyl (C=O) groups is 1. The van der Waals surface area contributed by atoms with E-state index in [1.54, 1.807) is 6.08 Å². The van der Waals surface area contributed by atoms with Gasteiger partial charge in [-0.25, -0.2) is 4.79 Å². The van der Waals surface area contributed by atoms with Gasteiger partial charge in [0.05, 0.1) is 6.07 Å². The highest BCUT2D eigenvalue weighted by Crippen LogP contribution is 2.69. The molecular formula is C21H24N2O2. The van der Waals surface area contributed by atoms with Crippen LogP contribution in [-0.4, -0.2) is 24.1 Å². The van der Waals surface area contributed by atoms with E-state index in [1.807, 2.05) is 35.2 Å². The van der Waals surface area contributed by atoms with E-state index >= 15 is 0 Å². The molecule has 1 amide bonds. The molecule has 1 saturated heterocycles. The number of benzene rings is 1. The number of ether oxygens (including phenoxy) is 1. The van der Waals surface area contributed by atoms with Crippen molar-refractivity contribution in [3.63, 3.8) is 0 Å². The van der Waals surface area contributed by atoms with Gasteiger partial charge in [0, 0.05) is 19.2 Å². The molecule has 1 aromatic carbocycles. The third-order valence-electron chi connectivity index (χ3n) is 6.51. The van der Waals surface area contributed by atoms with E-state index in [0.29, 0.717) is 17.4 Å². The minimum absolute atomic E-state index is 0.193. The monoisotopic (exact) mass is 336 g/mol. The molecule has 25 heavy (non-hydrogen) atoms. The zero-order chi connectivity index (χ0) is 17.3. The first kappa shape index (κ1) is 16.2. The van der Waals surface area contributed by atoms with E-state index in [1.165, 1.54) is 24.8 Å². The molecule has 0 N–H and O–H groups in total. The van der Waals surface area contributed by atoms with Gasteiger partial charge < -0.3 is 9.64 Å². The Bertz CT molecular complexity index is 716. The fourth-order valence-electron chi connectivity index (χ4n) is 5.04. The van der Waals surface area contributed by atoms with Crippen molar-refractivity contribution in [1.82, 2.24) is 4.90 Å². The van der Waals surface area contributed by atoms with Gasteiger partial charge in [-0.2, -0.15) is 5.26 Å². The maximum atomic E-state index is 12.3. The van der Waals surface area contributed by atoms with Crippen LogP contribution in [0.5, 0.6) is 0 Å². The van der Waals surface area contributed by atoms with Crippen molar-refractivity contribution in [2.45, 2.75) is 45.1 Å². The van der Waals surface area contributed by atoms with Crippen LogP contribution < -0.4 is 0 Å². The van der Waals surface area contributed by atoms with Crippen LogP contribution in [0.4, 0.5) is 4.79 Å². The zero-order valence-electron chi connectivity index (χ0n) is 14.5. The summed E-state index contributed by atoms with van der Waals surface area (Å²) in [5.41, 5.74) is 3.12. The second kappa shape index (κ2) is 6.22. The summed E-state index contributed by atoms with van der Waals surface area (Å²) in [6.45, 7) is 1.93. The maximum Gasteiger partial charge on any atom is 0.410 e. The molecule has 2 spiro atoms. The molecule has 0 unspecified atom stereocenters. The Balaban J connectivity index is 1.26. The van der Waals surface area contributed by atoms with Crippen molar-refractivity contribution in [3.05, 3.63) is 47.5 Å². The molecule has 2 aliphatic carbocycles. The van der Waals surface area contributed by atoms with Crippen molar-refractivity contribution in [2.24, 2.45) is 10.8 Å². The lowest BCUT2D eigenvalue weighted by molar-refractivity contribution is -0.0843. The number of hydrogen-bond acceptors (Lipinski definition) is 3. The average Bonchev–Trinajstić information content (AvgIpc) is 2.62. The van der Waals surface area contributed by atoms with Gasteiger partial charge in [0.1, 0.15) is 6.61 Å². The van der Waals surface area contributed by atoms with Crippen molar-refractivity contribution in [2.75, 3.05) is 13.1 Å². The number of carbonyl (C=O) groups excluding carboxylic acids is 1. The molecule has 0 atom stereocenters. The molecule has 0 aromatic heterocycles. The van der Waals surface area contributed by atoms with Crippen LogP contribution in [0.2, 0.25) is 0 Å². The minimum Gasteiger partial charge on any atom is -0.445 e. The Hall–Kier alpha value is -2.28. The quantitative estimate of drug-likeness (QED) is 0.751. The van der Waals surface area contributed by atoms with E-state index in [0.717, 1.165) is 37.9 Å². The van der Waals surface area contributed by atoms with Gasteiger partial charge in [0.15, 0.2) is 0 Å². The molecule has 4 rings (SSSR count). The Kier molecular flexibility index (Phi) is 4.03. The van der Waals surface area contributed by atoms with Crippen LogP contribution in [0.25, 0.3) is 0 Å². The molecule has 130 valence electrons. The summed E-state index contributed by atoms with van der Waals surface area (Å²) in [5, 5.41) is 8.90. The van der Waals surface area contributed by atoms with Gasteiger partial charge in [-0.3, -0.25) is 0 Å². The molecule has 3 aliphatic rings. The molecule has 1 aliphatic heterocycles. The van der Waals surface area contributed by atoms with Crippen LogP contribution in [0, 0.1) is 22.2 Å². The first-order valence-corrected chi connectivity index (χ1v) is 9.20. The first-order valence-electron chi connectivity index (χ1n) is 9.20. The lowest BCUT2D eigenvalue weighted by atomic mass is 9.41. The number of nitrogens with zero attached hydrogens (tertiary/aromatic N) is 2. The predicted molar refractivity (Wildman–Crippen MR) is 94.5 cm³/mol. The molecule has 0 bridgehead atoms. The molecule has 3 fully saturated rings. The molecular weight excluding hydrogens is 312 g/mol. The summed E-state index contributed by atoms with van der Waals surface area (Å²) >= 11 is 0. The van der Waals surface area contributed by atoms with Gasteiger partial charge in [0.25, 0.3) is 0 Å². The summed E-state index contributed by atoms with van der Waals surface area (Å²) in [4.78, 5) is 14.1. The standard InChI is InChI=1S/C21H24N2O2/c22-11-7-18-6-8-21(18)15-20(16-21)9-12-23(13-10-20)19(24)25-14-17-4-2-1-3-5-17/h1-5,7H,6,8-10,12-16H2. The maximum absolute atomic E-state index is 12.3. The van der Waals surface area contributed by atoms with E-state index in [9.17, 15) is 4.79 Å². The number of allylic oxidation sites excluding steroid dienone is 2. The van der Waals surface area contributed by atoms with E-state index in [-0.39, 0.29) is 6.09 Å². The molecule has 4 nitrogen and oxygen atoms in total. The van der Waals surface area contributed by atoms with Crippen molar-refractivity contribution in [1.29, 1.82) is 5.26 Å². The molecule has 2 saturated carbocycles. The molecule has 1 aromatic rings. The second-order valence-electron chi connectivity index (χ2n) is 7.96. The Labute approximate surface area is 149 Å². The van der Waals surface area contributed by atoms with Crippen LogP contribution in [-0.2, 0) is 11.3 Å². The van der Waals surface area contributed by atoms with Crippen LogP contribution in [0.1, 0.15) is 44.1 Å². The number of likely N-dealkylation sites (tertiary alicyclic amines) is 1. The number of hydrogen-bond donors (Lipinski definition) is 0. The van der Waals surface area contributed by atoms with E-state index in [2.05, 4.69) is 6.07 Å². The lowest BCUT2D eigenvalue weighted by Gasteiger charge is -2.64. The molecule has 4 heteroatoms. The lowest BCUT2D eigenvalue weighted by Crippen LogP contribution is -2.56. The Morgan fingerprint density at radius 1 is 1.20 bits per heavy atom. The fourth-order valence-corrected chi connectivity index (χ4v) is 5.04. The van der Waals surface area contributed by atoms with Crippen LogP contribution >= 0.6 is 0 Å². The van der Waals surface area contributed by atoms with E-state index in [4.69, 9.17) is 10.00 Å². The fraction of sp³-hybridized carbons (Fsp3) is 0.524. The summed E-state index contributed by atoms with van der Waals surface area (Å²) < 4.78 is 5.45. The van der Waals surface area contributed by atoms with Gasteiger partial charge in [-0.15, -0.1) is 0 Å². The Morgan fingerprint density at radius 2 is 1.92 bits per heavy atom. The van der Waals surface area contributed by atoms with Crippen LogP contribution in [0.15, 0.2) is 42.0 Å². The number of piperidine rings is 1. The van der Waals surface area contributed by atoms with Crippen molar-refractivity contribution in [3.8, 4) is 6.07 Å². The van der Waals surface area contributed by atoms with Gasteiger partial charge in [-0.1, -0.05) is 35.9 Å². The normalized spacial score (nSPS) is 24.4. The summed E-state index contributed by atoms with van der Waals surface area (Å²) in [6, 6.07) is 12.0. The summed E-state index contributed by atoms with van der Waals surface area (Å²) in [5.74, 6) is 0. The van der Waals surface area contributed by atoms with Gasteiger partial charge in [0.2, 0.25) is 0 Å². The SMILES string of the molecule is N#CC=C1CCC12CC1(CCN(C(=O)OCc3ccccc3)CC1)C2. The van der Waals surface area contributed by atoms with E-state index < -0.39 is 0 Å². The van der Waals surface area contributed by atoms with Gasteiger partial charge >= 0.3 is 6.09 Å². The number of amides is 1. The highest BCUT2D eigenvalue weighted by Gasteiger charge is 2.59. The highest BCUT2D eigenvalue weighted by molar-refractivity contribution is 5.67. The number of rotatable bonds is 2. The Morgan fingerprint density at radius 3 is 2.52 bits per heavy atom. The van der Waals surface area contributed by atoms with Gasteiger partial charge in [-0.05, 0) is 54.9 Å². The number of nitriles is 1. The predicted octanol–water partition coefficient (Wildman–Crippen LogP) is 4.43. The molecule has 0 radical (unpaired) electrons. The second-order valence-corrected chi connectivity index (χ2v) is 7.96.